The first-order valence-electron chi connectivity index (χ1n) is 13.5. The zero-order valence-corrected chi connectivity index (χ0v) is 21.2. The van der Waals surface area contributed by atoms with Crippen LogP contribution in [0.4, 0.5) is 0 Å². The van der Waals surface area contributed by atoms with Gasteiger partial charge in [-0.15, -0.1) is 0 Å². The fraction of sp³-hybridized carbons (Fsp3) is 0. The van der Waals surface area contributed by atoms with Crippen molar-refractivity contribution in [3.05, 3.63) is 140 Å². The van der Waals surface area contributed by atoms with Gasteiger partial charge < -0.3 is 4.57 Å². The van der Waals surface area contributed by atoms with E-state index < -0.39 is 0 Å². The highest BCUT2D eigenvalue weighted by atomic mass is 15.0. The molecule has 0 radical (unpaired) electrons. The Labute approximate surface area is 225 Å². The minimum Gasteiger partial charge on any atom is -0.308 e. The summed E-state index contributed by atoms with van der Waals surface area (Å²) in [5.74, 6) is 0. The molecule has 39 heavy (non-hydrogen) atoms. The molecular weight excluding hydrogens is 470 g/mol. The molecule has 0 aliphatic heterocycles. The number of para-hydroxylation sites is 1. The number of rotatable bonds is 1. The normalized spacial score (nSPS) is 12.1. The highest BCUT2D eigenvalue weighted by molar-refractivity contribution is 6.36. The highest BCUT2D eigenvalue weighted by Crippen LogP contribution is 2.45. The van der Waals surface area contributed by atoms with E-state index in [2.05, 4.69) is 144 Å². The van der Waals surface area contributed by atoms with Crippen LogP contribution in [0.2, 0.25) is 0 Å². The van der Waals surface area contributed by atoms with Crippen molar-refractivity contribution in [2.75, 3.05) is 0 Å². The molecule has 0 bridgehead atoms. The van der Waals surface area contributed by atoms with E-state index in [1.165, 1.54) is 81.4 Å². The molecule has 1 heterocycles. The van der Waals surface area contributed by atoms with Crippen LogP contribution in [0.1, 0.15) is 0 Å². The Morgan fingerprint density at radius 1 is 0.333 bits per heavy atom. The molecule has 180 valence electrons. The van der Waals surface area contributed by atoms with Crippen molar-refractivity contribution in [2.24, 2.45) is 0 Å². The highest BCUT2D eigenvalue weighted by Gasteiger charge is 2.21. The van der Waals surface area contributed by atoms with E-state index in [1.54, 1.807) is 0 Å². The number of hydrogen-bond donors (Lipinski definition) is 0. The standard InChI is InChI=1S/C38H23N/c1-4-14-27-24(11-1)21-22-33-36(27)30-17-7-8-18-31(30)37-32-19-9-10-20-34(32)39(38(33)37)35-23-25-12-2-3-13-26(25)28-15-5-6-16-29(28)35/h1-23H. The minimum atomic E-state index is 1.22. The molecule has 8 aromatic carbocycles. The quantitative estimate of drug-likeness (QED) is 0.200. The van der Waals surface area contributed by atoms with Gasteiger partial charge in [0.05, 0.1) is 16.7 Å². The van der Waals surface area contributed by atoms with Gasteiger partial charge in [-0.3, -0.25) is 0 Å². The molecule has 0 spiro atoms. The zero-order chi connectivity index (χ0) is 25.5. The SMILES string of the molecule is c1ccc2c(c1)cc(-n1c3ccccc3c3c4ccccc4c4c5ccccc5ccc4c31)c1ccccc12. The number of nitrogens with zero attached hydrogens (tertiary/aromatic N) is 1. The van der Waals surface area contributed by atoms with E-state index in [1.807, 2.05) is 0 Å². The van der Waals surface area contributed by atoms with Gasteiger partial charge in [0.25, 0.3) is 0 Å². The lowest BCUT2D eigenvalue weighted by molar-refractivity contribution is 1.21. The molecule has 0 aliphatic rings. The zero-order valence-electron chi connectivity index (χ0n) is 21.2. The monoisotopic (exact) mass is 493 g/mol. The third-order valence-electron chi connectivity index (χ3n) is 8.51. The number of aromatic nitrogens is 1. The molecule has 1 aromatic heterocycles. The van der Waals surface area contributed by atoms with Crippen molar-refractivity contribution in [3.8, 4) is 5.69 Å². The van der Waals surface area contributed by atoms with Crippen molar-refractivity contribution in [2.45, 2.75) is 0 Å². The molecular formula is C38H23N. The van der Waals surface area contributed by atoms with Crippen LogP contribution < -0.4 is 0 Å². The van der Waals surface area contributed by atoms with Crippen LogP contribution in [0.25, 0.3) is 81.4 Å². The first-order valence-corrected chi connectivity index (χ1v) is 13.5. The lowest BCUT2D eigenvalue weighted by Gasteiger charge is -2.16. The van der Waals surface area contributed by atoms with Crippen LogP contribution in [0.3, 0.4) is 0 Å². The second-order valence-corrected chi connectivity index (χ2v) is 10.5. The third kappa shape index (κ3) is 2.74. The summed E-state index contributed by atoms with van der Waals surface area (Å²) < 4.78 is 2.53. The van der Waals surface area contributed by atoms with Crippen molar-refractivity contribution in [1.29, 1.82) is 0 Å². The van der Waals surface area contributed by atoms with Crippen LogP contribution in [0, 0.1) is 0 Å². The predicted octanol–water partition coefficient (Wildman–Crippen LogP) is 10.5. The van der Waals surface area contributed by atoms with Gasteiger partial charge in [0.1, 0.15) is 0 Å². The summed E-state index contributed by atoms with van der Waals surface area (Å²) >= 11 is 0. The Morgan fingerprint density at radius 2 is 0.897 bits per heavy atom. The number of benzene rings is 8. The molecule has 0 fully saturated rings. The van der Waals surface area contributed by atoms with Crippen LogP contribution in [-0.4, -0.2) is 4.57 Å². The topological polar surface area (TPSA) is 4.93 Å². The van der Waals surface area contributed by atoms with Crippen LogP contribution in [-0.2, 0) is 0 Å². The van der Waals surface area contributed by atoms with E-state index in [0.29, 0.717) is 0 Å². The summed E-state index contributed by atoms with van der Waals surface area (Å²) in [7, 11) is 0. The second kappa shape index (κ2) is 7.69. The largest absolute Gasteiger partial charge is 0.308 e. The molecule has 0 unspecified atom stereocenters. The molecule has 9 rings (SSSR count). The van der Waals surface area contributed by atoms with Gasteiger partial charge in [0.15, 0.2) is 0 Å². The summed E-state index contributed by atoms with van der Waals surface area (Å²) in [6.45, 7) is 0. The molecule has 0 atom stereocenters. The van der Waals surface area contributed by atoms with Gasteiger partial charge in [-0.2, -0.15) is 0 Å². The predicted molar refractivity (Wildman–Crippen MR) is 168 cm³/mol. The summed E-state index contributed by atoms with van der Waals surface area (Å²) in [5.41, 5.74) is 3.73. The first-order chi connectivity index (χ1) is 19.4. The average Bonchev–Trinajstić information content (AvgIpc) is 3.36. The van der Waals surface area contributed by atoms with E-state index in [0.717, 1.165) is 0 Å². The molecule has 1 nitrogen and oxygen atoms in total. The van der Waals surface area contributed by atoms with Crippen LogP contribution in [0.15, 0.2) is 140 Å². The maximum absolute atomic E-state index is 2.53. The average molecular weight is 494 g/mol. The van der Waals surface area contributed by atoms with Crippen molar-refractivity contribution in [3.63, 3.8) is 0 Å². The summed E-state index contributed by atoms with van der Waals surface area (Å²) in [6.07, 6.45) is 0. The Morgan fingerprint density at radius 3 is 1.69 bits per heavy atom. The van der Waals surface area contributed by atoms with Gasteiger partial charge in [-0.25, -0.2) is 0 Å². The van der Waals surface area contributed by atoms with E-state index in [4.69, 9.17) is 0 Å². The Kier molecular flexibility index (Phi) is 4.11. The van der Waals surface area contributed by atoms with Gasteiger partial charge in [-0.05, 0) is 55.2 Å². The lowest BCUT2D eigenvalue weighted by atomic mass is 9.93. The summed E-state index contributed by atoms with van der Waals surface area (Å²) in [6, 6.07) is 51.2. The fourth-order valence-corrected chi connectivity index (χ4v) is 6.92. The van der Waals surface area contributed by atoms with Gasteiger partial charge in [-0.1, -0.05) is 127 Å². The molecule has 0 amide bonds. The van der Waals surface area contributed by atoms with E-state index in [-0.39, 0.29) is 0 Å². The van der Waals surface area contributed by atoms with Crippen LogP contribution in [0.5, 0.6) is 0 Å². The Bertz CT molecular complexity index is 2440. The van der Waals surface area contributed by atoms with E-state index in [9.17, 15) is 0 Å². The maximum atomic E-state index is 2.53. The fourth-order valence-electron chi connectivity index (χ4n) is 6.92. The summed E-state index contributed by atoms with van der Waals surface area (Å²) in [4.78, 5) is 0. The molecule has 1 heteroatoms. The summed E-state index contributed by atoms with van der Waals surface area (Å²) in [5, 5.41) is 15.5. The van der Waals surface area contributed by atoms with Crippen LogP contribution >= 0.6 is 0 Å². The Balaban J connectivity index is 1.62. The second-order valence-electron chi connectivity index (χ2n) is 10.5. The number of fused-ring (bicyclic) bond motifs is 13. The van der Waals surface area contributed by atoms with Crippen molar-refractivity contribution >= 4 is 75.7 Å². The molecule has 0 N–H and O–H groups in total. The lowest BCUT2D eigenvalue weighted by Crippen LogP contribution is -1.97. The Hall–Kier alpha value is -5.14. The van der Waals surface area contributed by atoms with Gasteiger partial charge in [0.2, 0.25) is 0 Å². The van der Waals surface area contributed by atoms with Gasteiger partial charge in [0, 0.05) is 21.5 Å². The maximum Gasteiger partial charge on any atom is 0.0626 e. The molecule has 9 aromatic rings. The molecule has 0 saturated heterocycles. The third-order valence-corrected chi connectivity index (χ3v) is 8.51. The molecule has 0 aliphatic carbocycles. The van der Waals surface area contributed by atoms with Crippen molar-refractivity contribution in [1.82, 2.24) is 4.57 Å². The minimum absolute atomic E-state index is 1.22. The van der Waals surface area contributed by atoms with E-state index >= 15 is 0 Å². The molecule has 0 saturated carbocycles. The van der Waals surface area contributed by atoms with Crippen molar-refractivity contribution < 1.29 is 0 Å². The first kappa shape index (κ1) is 20.9. The number of hydrogen-bond acceptors (Lipinski definition) is 0. The van der Waals surface area contributed by atoms with Gasteiger partial charge >= 0.3 is 0 Å². The smallest absolute Gasteiger partial charge is 0.0626 e.